The Labute approximate surface area is 180 Å². The van der Waals surface area contributed by atoms with Crippen molar-refractivity contribution in [2.45, 2.75) is 34.2 Å². The van der Waals surface area contributed by atoms with Crippen LogP contribution in [0.1, 0.15) is 30.9 Å². The number of anilines is 1. The van der Waals surface area contributed by atoms with Crippen LogP contribution >= 0.6 is 34.9 Å². The second-order valence-corrected chi connectivity index (χ2v) is 9.90. The second kappa shape index (κ2) is 10.2. The first-order valence-electron chi connectivity index (χ1n) is 8.83. The number of carbonyl (C=O) groups excluding carboxylic acids is 1. The maximum absolute atomic E-state index is 13.6. The van der Waals surface area contributed by atoms with E-state index in [0.29, 0.717) is 10.3 Å². The number of hydrogen-bond donors (Lipinski definition) is 1. The van der Waals surface area contributed by atoms with Gasteiger partial charge in [-0.25, -0.2) is 8.78 Å². The van der Waals surface area contributed by atoms with Crippen LogP contribution in [0.25, 0.3) is 0 Å². The second-order valence-electron chi connectivity index (χ2n) is 6.48. The third-order valence-corrected chi connectivity index (χ3v) is 7.19. The molecule has 0 aliphatic heterocycles. The Balaban J connectivity index is 1.46. The van der Waals surface area contributed by atoms with E-state index in [1.807, 2.05) is 0 Å². The summed E-state index contributed by atoms with van der Waals surface area (Å²) in [4.78, 5) is 12.0. The van der Waals surface area contributed by atoms with Crippen LogP contribution in [0.5, 0.6) is 0 Å². The average Bonchev–Trinajstić information content (AvgIpc) is 3.15. The van der Waals surface area contributed by atoms with Gasteiger partial charge in [-0.1, -0.05) is 73.0 Å². The van der Waals surface area contributed by atoms with Gasteiger partial charge < -0.3 is 5.32 Å². The van der Waals surface area contributed by atoms with Crippen molar-refractivity contribution in [2.24, 2.45) is 0 Å². The quantitative estimate of drug-likeness (QED) is 0.428. The van der Waals surface area contributed by atoms with Crippen LogP contribution in [-0.4, -0.2) is 21.9 Å². The molecule has 3 aromatic rings. The standard InChI is InChI=1S/C20H19F2N3OS3/c1-12(2)14-5-3-13(4-6-14)10-27-19-24-25-20(29-19)28-11-18(26)23-17-8-7-15(21)9-16(17)22/h3-9,12H,10-11H2,1-2H3,(H,23,26). The maximum Gasteiger partial charge on any atom is 0.234 e. The van der Waals surface area contributed by atoms with E-state index >= 15 is 0 Å². The molecule has 1 N–H and O–H groups in total. The van der Waals surface area contributed by atoms with E-state index in [-0.39, 0.29) is 11.4 Å². The van der Waals surface area contributed by atoms with Gasteiger partial charge in [0.25, 0.3) is 0 Å². The van der Waals surface area contributed by atoms with Crippen molar-refractivity contribution in [3.8, 4) is 0 Å². The number of nitrogens with zero attached hydrogens (tertiary/aromatic N) is 2. The van der Waals surface area contributed by atoms with Gasteiger partial charge in [-0.3, -0.25) is 4.79 Å². The van der Waals surface area contributed by atoms with E-state index in [4.69, 9.17) is 0 Å². The third kappa shape index (κ3) is 6.52. The first-order valence-corrected chi connectivity index (χ1v) is 11.6. The van der Waals surface area contributed by atoms with Gasteiger partial charge in [-0.2, -0.15) is 0 Å². The first kappa shape index (κ1) is 21.7. The fourth-order valence-corrected chi connectivity index (χ4v) is 5.14. The number of nitrogens with one attached hydrogen (secondary N) is 1. The molecule has 0 radical (unpaired) electrons. The SMILES string of the molecule is CC(C)c1ccc(CSc2nnc(SCC(=O)Nc3ccc(F)cc3F)s2)cc1. The van der Waals surface area contributed by atoms with Crippen LogP contribution in [0.15, 0.2) is 51.1 Å². The molecule has 4 nitrogen and oxygen atoms in total. The molecule has 0 bridgehead atoms. The zero-order valence-corrected chi connectivity index (χ0v) is 18.3. The van der Waals surface area contributed by atoms with Crippen LogP contribution in [0.2, 0.25) is 0 Å². The number of benzene rings is 2. The van der Waals surface area contributed by atoms with E-state index in [1.165, 1.54) is 40.3 Å². The average molecular weight is 452 g/mol. The summed E-state index contributed by atoms with van der Waals surface area (Å²) in [6.45, 7) is 4.33. The van der Waals surface area contributed by atoms with E-state index in [0.717, 1.165) is 22.2 Å². The fraction of sp³-hybridized carbons (Fsp3) is 0.250. The number of aromatic nitrogens is 2. The Morgan fingerprint density at radius 1 is 1.07 bits per heavy atom. The number of carbonyl (C=O) groups is 1. The molecule has 0 aliphatic rings. The van der Waals surface area contributed by atoms with Crippen molar-refractivity contribution in [3.05, 3.63) is 65.2 Å². The van der Waals surface area contributed by atoms with Gasteiger partial charge >= 0.3 is 0 Å². The van der Waals surface area contributed by atoms with Crippen molar-refractivity contribution in [1.29, 1.82) is 0 Å². The van der Waals surface area contributed by atoms with Gasteiger partial charge in [0.1, 0.15) is 11.6 Å². The highest BCUT2D eigenvalue weighted by atomic mass is 32.2. The lowest BCUT2D eigenvalue weighted by Crippen LogP contribution is -2.15. The molecule has 29 heavy (non-hydrogen) atoms. The summed E-state index contributed by atoms with van der Waals surface area (Å²) < 4.78 is 28.0. The number of amides is 1. The predicted molar refractivity (Wildman–Crippen MR) is 116 cm³/mol. The van der Waals surface area contributed by atoms with Crippen LogP contribution in [0, 0.1) is 11.6 Å². The third-order valence-electron chi connectivity index (χ3n) is 3.93. The molecule has 0 saturated carbocycles. The molecular weight excluding hydrogens is 432 g/mol. The number of thioether (sulfide) groups is 2. The summed E-state index contributed by atoms with van der Waals surface area (Å²) in [7, 11) is 0. The molecule has 0 fully saturated rings. The van der Waals surface area contributed by atoms with E-state index < -0.39 is 17.5 Å². The Bertz CT molecular complexity index is 977. The van der Waals surface area contributed by atoms with Gasteiger partial charge in [-0.15, -0.1) is 10.2 Å². The minimum Gasteiger partial charge on any atom is -0.323 e. The highest BCUT2D eigenvalue weighted by Crippen LogP contribution is 2.31. The van der Waals surface area contributed by atoms with Gasteiger partial charge in [0.2, 0.25) is 5.91 Å². The lowest BCUT2D eigenvalue weighted by Gasteiger charge is -2.06. The van der Waals surface area contributed by atoms with Gasteiger partial charge in [0, 0.05) is 11.8 Å². The number of rotatable bonds is 8. The minimum atomic E-state index is -0.806. The van der Waals surface area contributed by atoms with Crippen LogP contribution < -0.4 is 5.32 Å². The Hall–Kier alpha value is -1.97. The molecular formula is C20H19F2N3OS3. The summed E-state index contributed by atoms with van der Waals surface area (Å²) >= 11 is 4.24. The highest BCUT2D eigenvalue weighted by molar-refractivity contribution is 8.03. The molecule has 0 unspecified atom stereocenters. The van der Waals surface area contributed by atoms with Crippen LogP contribution in [0.3, 0.4) is 0 Å². The molecule has 2 aromatic carbocycles. The summed E-state index contributed by atoms with van der Waals surface area (Å²) in [6, 6.07) is 11.6. The summed E-state index contributed by atoms with van der Waals surface area (Å²) in [6.07, 6.45) is 0. The van der Waals surface area contributed by atoms with Crippen LogP contribution in [0.4, 0.5) is 14.5 Å². The Morgan fingerprint density at radius 2 is 1.76 bits per heavy atom. The summed E-state index contributed by atoms with van der Waals surface area (Å²) in [5.41, 5.74) is 2.48. The van der Waals surface area contributed by atoms with Crippen molar-refractivity contribution in [3.63, 3.8) is 0 Å². The van der Waals surface area contributed by atoms with Crippen molar-refractivity contribution >= 4 is 46.5 Å². The monoisotopic (exact) mass is 451 g/mol. The lowest BCUT2D eigenvalue weighted by molar-refractivity contribution is -0.113. The molecule has 0 atom stereocenters. The zero-order chi connectivity index (χ0) is 20.8. The van der Waals surface area contributed by atoms with E-state index in [1.54, 1.807) is 11.8 Å². The van der Waals surface area contributed by atoms with Crippen molar-refractivity contribution in [2.75, 3.05) is 11.1 Å². The molecule has 9 heteroatoms. The van der Waals surface area contributed by atoms with Crippen molar-refractivity contribution in [1.82, 2.24) is 10.2 Å². The molecule has 1 aromatic heterocycles. The van der Waals surface area contributed by atoms with Gasteiger partial charge in [0.15, 0.2) is 8.68 Å². The fourth-order valence-electron chi connectivity index (χ4n) is 2.36. The topological polar surface area (TPSA) is 54.9 Å². The molecule has 0 saturated heterocycles. The van der Waals surface area contributed by atoms with Crippen LogP contribution in [-0.2, 0) is 10.5 Å². The largest absolute Gasteiger partial charge is 0.323 e. The van der Waals surface area contributed by atoms with Crippen molar-refractivity contribution < 1.29 is 13.6 Å². The molecule has 3 rings (SSSR count). The molecule has 0 aliphatic carbocycles. The Kier molecular flexibility index (Phi) is 7.63. The molecule has 1 heterocycles. The number of halogens is 2. The lowest BCUT2D eigenvalue weighted by atomic mass is 10.0. The summed E-state index contributed by atoms with van der Waals surface area (Å²) in [5.74, 6) is -0.523. The summed E-state index contributed by atoms with van der Waals surface area (Å²) in [5, 5.41) is 10.6. The number of hydrogen-bond acceptors (Lipinski definition) is 6. The highest BCUT2D eigenvalue weighted by Gasteiger charge is 2.11. The normalized spacial score (nSPS) is 11.1. The molecule has 1 amide bonds. The first-order chi connectivity index (χ1) is 13.9. The zero-order valence-electron chi connectivity index (χ0n) is 15.8. The minimum absolute atomic E-state index is 0.0472. The molecule has 152 valence electrons. The smallest absolute Gasteiger partial charge is 0.234 e. The van der Waals surface area contributed by atoms with Gasteiger partial charge in [0.05, 0.1) is 11.4 Å². The van der Waals surface area contributed by atoms with Gasteiger partial charge in [-0.05, 0) is 29.2 Å². The Morgan fingerprint density at radius 3 is 2.41 bits per heavy atom. The predicted octanol–water partition coefficient (Wildman–Crippen LogP) is 5.96. The van der Waals surface area contributed by atoms with E-state index in [2.05, 4.69) is 53.6 Å². The maximum atomic E-state index is 13.6. The van der Waals surface area contributed by atoms with E-state index in [9.17, 15) is 13.6 Å². The molecule has 0 spiro atoms.